The van der Waals surface area contributed by atoms with Gasteiger partial charge in [0.2, 0.25) is 0 Å². The predicted molar refractivity (Wildman–Crippen MR) is 88.1 cm³/mol. The summed E-state index contributed by atoms with van der Waals surface area (Å²) in [7, 11) is 0. The van der Waals surface area contributed by atoms with E-state index >= 15 is 0 Å². The van der Waals surface area contributed by atoms with Gasteiger partial charge in [-0.1, -0.05) is 0 Å². The molecule has 2 aromatic heterocycles. The Bertz CT molecular complexity index is 780. The number of alkyl halides is 3. The van der Waals surface area contributed by atoms with Crippen LogP contribution >= 0.6 is 0 Å². The first kappa shape index (κ1) is 18.5. The minimum absolute atomic E-state index is 0.0286. The zero-order valence-electron chi connectivity index (χ0n) is 14.5. The van der Waals surface area contributed by atoms with Crippen LogP contribution in [0.3, 0.4) is 0 Å². The van der Waals surface area contributed by atoms with Gasteiger partial charge in [-0.3, -0.25) is 9.88 Å². The Morgan fingerprint density at radius 3 is 2.65 bits per heavy atom. The fourth-order valence-electron chi connectivity index (χ4n) is 3.05. The summed E-state index contributed by atoms with van der Waals surface area (Å²) < 4.78 is 52.7. The molecule has 0 spiro atoms. The first-order valence-electron chi connectivity index (χ1n) is 8.24. The molecule has 1 aliphatic heterocycles. The molecule has 3 rings (SSSR count). The molecule has 0 amide bonds. The van der Waals surface area contributed by atoms with Crippen LogP contribution in [0.1, 0.15) is 24.0 Å². The first-order valence-corrected chi connectivity index (χ1v) is 8.24. The van der Waals surface area contributed by atoms with E-state index in [1.165, 1.54) is 13.1 Å². The Balaban J connectivity index is 1.73. The number of aryl methyl sites for hydroxylation is 1. The van der Waals surface area contributed by atoms with Crippen LogP contribution in [-0.2, 0) is 12.7 Å². The van der Waals surface area contributed by atoms with Crippen molar-refractivity contribution in [3.63, 3.8) is 0 Å². The highest BCUT2D eigenvalue weighted by atomic mass is 19.4. The molecule has 0 aromatic carbocycles. The van der Waals surface area contributed by atoms with Crippen LogP contribution in [0.25, 0.3) is 0 Å². The van der Waals surface area contributed by atoms with E-state index < -0.39 is 11.9 Å². The van der Waals surface area contributed by atoms with E-state index in [4.69, 9.17) is 0 Å². The van der Waals surface area contributed by atoms with Crippen molar-refractivity contribution in [3.05, 3.63) is 47.4 Å². The molecule has 1 aliphatic rings. The van der Waals surface area contributed by atoms with E-state index in [1.807, 2.05) is 11.8 Å². The highest BCUT2D eigenvalue weighted by Gasteiger charge is 2.34. The minimum atomic E-state index is -4.51. The lowest BCUT2D eigenvalue weighted by molar-refractivity contribution is -0.141. The Morgan fingerprint density at radius 1 is 1.23 bits per heavy atom. The lowest BCUT2D eigenvalue weighted by Crippen LogP contribution is -2.51. The van der Waals surface area contributed by atoms with Gasteiger partial charge < -0.3 is 4.90 Å². The van der Waals surface area contributed by atoms with Crippen LogP contribution in [-0.4, -0.2) is 45.5 Å². The number of hydrogen-bond donors (Lipinski definition) is 0. The molecule has 9 heteroatoms. The molecule has 140 valence electrons. The number of nitrogens with zero attached hydrogens (tertiary/aromatic N) is 5. The van der Waals surface area contributed by atoms with Crippen LogP contribution in [0.5, 0.6) is 0 Å². The molecule has 5 nitrogen and oxygen atoms in total. The van der Waals surface area contributed by atoms with Gasteiger partial charge in [-0.15, -0.1) is 0 Å². The van der Waals surface area contributed by atoms with Gasteiger partial charge in [-0.25, -0.2) is 14.4 Å². The lowest BCUT2D eigenvalue weighted by atomic mass is 10.1. The summed E-state index contributed by atoms with van der Waals surface area (Å²) in [6.07, 6.45) is -1.78. The quantitative estimate of drug-likeness (QED) is 0.779. The molecule has 1 saturated heterocycles. The molecule has 1 unspecified atom stereocenters. The van der Waals surface area contributed by atoms with Gasteiger partial charge >= 0.3 is 6.18 Å². The normalized spacial score (nSPS) is 19.0. The number of hydrogen-bond acceptors (Lipinski definition) is 5. The van der Waals surface area contributed by atoms with Crippen molar-refractivity contribution in [1.82, 2.24) is 19.9 Å². The zero-order valence-corrected chi connectivity index (χ0v) is 14.5. The van der Waals surface area contributed by atoms with Gasteiger partial charge in [0.25, 0.3) is 0 Å². The van der Waals surface area contributed by atoms with Crippen LogP contribution in [0.2, 0.25) is 0 Å². The van der Waals surface area contributed by atoms with Crippen LogP contribution < -0.4 is 4.90 Å². The smallest absolute Gasteiger partial charge is 0.354 e. The largest absolute Gasteiger partial charge is 0.433 e. The monoisotopic (exact) mass is 369 g/mol. The van der Waals surface area contributed by atoms with E-state index in [2.05, 4.69) is 19.9 Å². The number of rotatable bonds is 3. The fraction of sp³-hybridized carbons (Fsp3) is 0.471. The molecule has 0 radical (unpaired) electrons. The molecule has 26 heavy (non-hydrogen) atoms. The second-order valence-corrected chi connectivity index (χ2v) is 6.39. The van der Waals surface area contributed by atoms with Crippen molar-refractivity contribution in [1.29, 1.82) is 0 Å². The molecule has 0 N–H and O–H groups in total. The van der Waals surface area contributed by atoms with Crippen molar-refractivity contribution < 1.29 is 17.6 Å². The molecule has 0 saturated carbocycles. The van der Waals surface area contributed by atoms with Crippen molar-refractivity contribution in [3.8, 4) is 0 Å². The van der Waals surface area contributed by atoms with E-state index in [0.29, 0.717) is 31.7 Å². The number of piperazine rings is 1. The third-order valence-electron chi connectivity index (χ3n) is 4.43. The molecular weight excluding hydrogens is 350 g/mol. The number of pyridine rings is 1. The topological polar surface area (TPSA) is 45.2 Å². The maximum absolute atomic E-state index is 13.8. The summed E-state index contributed by atoms with van der Waals surface area (Å²) in [5.41, 5.74) is -0.383. The maximum Gasteiger partial charge on any atom is 0.433 e. The van der Waals surface area contributed by atoms with Gasteiger partial charge in [-0.2, -0.15) is 13.2 Å². The maximum atomic E-state index is 13.8. The molecule has 0 bridgehead atoms. The summed E-state index contributed by atoms with van der Waals surface area (Å²) in [4.78, 5) is 15.3. The Morgan fingerprint density at radius 2 is 2.00 bits per heavy atom. The highest BCUT2D eigenvalue weighted by molar-refractivity contribution is 5.41. The van der Waals surface area contributed by atoms with Gasteiger partial charge in [0, 0.05) is 50.0 Å². The third kappa shape index (κ3) is 4.09. The van der Waals surface area contributed by atoms with E-state index in [1.54, 1.807) is 12.3 Å². The van der Waals surface area contributed by atoms with E-state index in [9.17, 15) is 17.6 Å². The Hall–Kier alpha value is -2.29. The summed E-state index contributed by atoms with van der Waals surface area (Å²) in [6, 6.07) is 2.65. The summed E-state index contributed by atoms with van der Waals surface area (Å²) in [5.74, 6) is -0.00134. The molecule has 2 aromatic rings. The Labute approximate surface area is 148 Å². The first-order chi connectivity index (χ1) is 12.2. The summed E-state index contributed by atoms with van der Waals surface area (Å²) >= 11 is 0. The lowest BCUT2D eigenvalue weighted by Gasteiger charge is -2.40. The Kier molecular flexibility index (Phi) is 5.08. The fourth-order valence-corrected chi connectivity index (χ4v) is 3.05. The van der Waals surface area contributed by atoms with Gasteiger partial charge in [0.1, 0.15) is 23.2 Å². The SMILES string of the molecule is Cc1nc(N2CCN(Cc3ccncc3F)C(C)C2)cc(C(F)(F)F)n1. The van der Waals surface area contributed by atoms with Gasteiger partial charge in [0.15, 0.2) is 0 Å². The summed E-state index contributed by atoms with van der Waals surface area (Å²) in [5, 5.41) is 0. The van der Waals surface area contributed by atoms with Crippen LogP contribution in [0.15, 0.2) is 24.5 Å². The molecular formula is C17H19F4N5. The highest BCUT2D eigenvalue weighted by Crippen LogP contribution is 2.30. The zero-order chi connectivity index (χ0) is 18.9. The minimum Gasteiger partial charge on any atom is -0.354 e. The average molecular weight is 369 g/mol. The summed E-state index contributed by atoms with van der Waals surface area (Å²) in [6.45, 7) is 5.44. The number of halogens is 4. The van der Waals surface area contributed by atoms with Crippen molar-refractivity contribution >= 4 is 5.82 Å². The van der Waals surface area contributed by atoms with E-state index in [-0.39, 0.29) is 23.5 Å². The van der Waals surface area contributed by atoms with Gasteiger partial charge in [0.05, 0.1) is 6.20 Å². The van der Waals surface area contributed by atoms with Crippen molar-refractivity contribution in [2.45, 2.75) is 32.6 Å². The van der Waals surface area contributed by atoms with Crippen LogP contribution in [0, 0.1) is 12.7 Å². The van der Waals surface area contributed by atoms with Crippen molar-refractivity contribution in [2.24, 2.45) is 0 Å². The van der Waals surface area contributed by atoms with Crippen molar-refractivity contribution in [2.75, 3.05) is 24.5 Å². The van der Waals surface area contributed by atoms with Gasteiger partial charge in [-0.05, 0) is 19.9 Å². The molecule has 0 aliphatic carbocycles. The molecule has 1 fully saturated rings. The standard InChI is InChI=1S/C17H19F4N5/c1-11-9-26(16-7-15(17(19,20)21)23-12(2)24-16)6-5-25(11)10-13-3-4-22-8-14(13)18/h3-4,7-8,11H,5-6,9-10H2,1-2H3. The average Bonchev–Trinajstić information content (AvgIpc) is 2.57. The number of anilines is 1. The van der Waals surface area contributed by atoms with E-state index in [0.717, 1.165) is 6.07 Å². The molecule has 1 atom stereocenters. The third-order valence-corrected chi connectivity index (χ3v) is 4.43. The van der Waals surface area contributed by atoms with Crippen LogP contribution in [0.4, 0.5) is 23.4 Å². The number of aromatic nitrogens is 3. The second-order valence-electron chi connectivity index (χ2n) is 6.39. The predicted octanol–water partition coefficient (Wildman–Crippen LogP) is 3.05. The molecule has 3 heterocycles. The second kappa shape index (κ2) is 7.14.